The van der Waals surface area contributed by atoms with Gasteiger partial charge in [0, 0.05) is 16.0 Å². The van der Waals surface area contributed by atoms with Gasteiger partial charge in [-0.2, -0.15) is 0 Å². The smallest absolute Gasteiger partial charge is 0.213 e. The van der Waals surface area contributed by atoms with Crippen molar-refractivity contribution in [2.24, 2.45) is 5.14 Å². The average molecular weight is 482 g/mol. The van der Waals surface area contributed by atoms with Crippen LogP contribution in [0.1, 0.15) is 22.1 Å². The first-order chi connectivity index (χ1) is 12.9. The van der Waals surface area contributed by atoms with Crippen LogP contribution in [0.4, 0.5) is 0 Å². The zero-order valence-corrected chi connectivity index (χ0v) is 18.3. The molecule has 1 atom stereocenters. The van der Waals surface area contributed by atoms with E-state index in [9.17, 15) is 8.42 Å². The summed E-state index contributed by atoms with van der Waals surface area (Å²) in [7, 11) is -3.60. The number of thiophene rings is 1. The van der Waals surface area contributed by atoms with Gasteiger partial charge in [0.1, 0.15) is 5.75 Å². The van der Waals surface area contributed by atoms with Gasteiger partial charge in [-0.25, -0.2) is 13.6 Å². The molecular weight excluding hydrogens is 466 g/mol. The highest BCUT2D eigenvalue weighted by Crippen LogP contribution is 2.49. The fourth-order valence-corrected chi connectivity index (χ4v) is 6.04. The summed E-state index contributed by atoms with van der Waals surface area (Å²) in [6.07, 6.45) is 1.74. The van der Waals surface area contributed by atoms with Crippen molar-refractivity contribution in [1.82, 2.24) is 0 Å². The second kappa shape index (κ2) is 7.25. The normalized spacial score (nSPS) is 15.7. The van der Waals surface area contributed by atoms with Crippen LogP contribution in [0.15, 0.2) is 57.2 Å². The monoisotopic (exact) mass is 481 g/mol. The van der Waals surface area contributed by atoms with Crippen molar-refractivity contribution in [3.63, 3.8) is 0 Å². The first-order valence-electron chi connectivity index (χ1n) is 8.08. The quantitative estimate of drug-likeness (QED) is 0.521. The Labute approximate surface area is 174 Å². The summed E-state index contributed by atoms with van der Waals surface area (Å²) in [5.74, 6) is 0.640. The number of hydrogen-bond donors (Lipinski definition) is 1. The standard InChI is InChI=1S/C19H16BrNO3S3/c1-25-15-4-2-3-14-18(15)12-6-5-11(10-27(21,22)23)9-13(12)19(24-14)16-7-8-17(20)26-16/h2-9,19H,10H2,1H3,(H2,21,22,23). The summed E-state index contributed by atoms with van der Waals surface area (Å²) in [5, 5.41) is 5.25. The lowest BCUT2D eigenvalue weighted by atomic mass is 9.91. The Morgan fingerprint density at radius 2 is 2.04 bits per heavy atom. The number of rotatable bonds is 4. The minimum Gasteiger partial charge on any atom is -0.479 e. The fraction of sp³-hybridized carbons (Fsp3) is 0.158. The molecule has 1 unspecified atom stereocenters. The molecule has 0 radical (unpaired) electrons. The highest BCUT2D eigenvalue weighted by atomic mass is 79.9. The fourth-order valence-electron chi connectivity index (χ4n) is 3.29. The van der Waals surface area contributed by atoms with E-state index in [1.54, 1.807) is 23.1 Å². The van der Waals surface area contributed by atoms with Crippen molar-refractivity contribution in [2.45, 2.75) is 16.8 Å². The maximum absolute atomic E-state index is 11.6. The van der Waals surface area contributed by atoms with Crippen LogP contribution in [-0.4, -0.2) is 14.7 Å². The average Bonchev–Trinajstić information content (AvgIpc) is 3.05. The van der Waals surface area contributed by atoms with Crippen molar-refractivity contribution in [3.05, 3.63) is 68.3 Å². The molecule has 4 nitrogen and oxygen atoms in total. The zero-order chi connectivity index (χ0) is 19.2. The first kappa shape index (κ1) is 19.0. The second-order valence-corrected chi connectivity index (χ2v) is 11.2. The van der Waals surface area contributed by atoms with Crippen molar-refractivity contribution in [2.75, 3.05) is 6.26 Å². The topological polar surface area (TPSA) is 69.4 Å². The lowest BCUT2D eigenvalue weighted by Crippen LogP contribution is -2.17. The number of hydrogen-bond acceptors (Lipinski definition) is 5. The molecule has 4 rings (SSSR count). The molecule has 1 aromatic heterocycles. The lowest BCUT2D eigenvalue weighted by Gasteiger charge is -2.30. The van der Waals surface area contributed by atoms with Gasteiger partial charge in [-0.1, -0.05) is 24.3 Å². The third-order valence-electron chi connectivity index (χ3n) is 4.34. The number of nitrogens with two attached hydrogens (primary N) is 1. The number of fused-ring (bicyclic) bond motifs is 3. The van der Waals surface area contributed by atoms with Gasteiger partial charge in [-0.05, 0) is 57.6 Å². The molecule has 0 amide bonds. The van der Waals surface area contributed by atoms with Gasteiger partial charge in [-0.15, -0.1) is 23.1 Å². The molecule has 1 aliphatic heterocycles. The molecule has 0 bridgehead atoms. The highest BCUT2D eigenvalue weighted by molar-refractivity contribution is 9.11. The van der Waals surface area contributed by atoms with Gasteiger partial charge in [0.2, 0.25) is 10.0 Å². The molecule has 27 heavy (non-hydrogen) atoms. The van der Waals surface area contributed by atoms with Crippen LogP contribution in [0.2, 0.25) is 0 Å². The van der Waals surface area contributed by atoms with Crippen molar-refractivity contribution < 1.29 is 13.2 Å². The summed E-state index contributed by atoms with van der Waals surface area (Å²) in [6, 6.07) is 15.8. The van der Waals surface area contributed by atoms with E-state index in [1.165, 1.54) is 0 Å². The van der Waals surface area contributed by atoms with Gasteiger partial charge < -0.3 is 4.74 Å². The molecule has 3 aromatic rings. The van der Waals surface area contributed by atoms with E-state index in [-0.39, 0.29) is 11.9 Å². The number of sulfonamides is 1. The lowest BCUT2D eigenvalue weighted by molar-refractivity contribution is 0.246. The Balaban J connectivity index is 1.92. The Hall–Kier alpha value is -1.32. The number of ether oxygens (including phenoxy) is 1. The molecule has 1 aliphatic rings. The van der Waals surface area contributed by atoms with E-state index >= 15 is 0 Å². The maximum atomic E-state index is 11.6. The summed E-state index contributed by atoms with van der Waals surface area (Å²) in [5.41, 5.74) is 3.73. The van der Waals surface area contributed by atoms with Gasteiger partial charge in [0.25, 0.3) is 0 Å². The number of benzene rings is 2. The van der Waals surface area contributed by atoms with E-state index in [2.05, 4.69) is 22.0 Å². The molecule has 2 aromatic carbocycles. The number of halogens is 1. The number of primary sulfonamides is 1. The molecule has 2 N–H and O–H groups in total. The summed E-state index contributed by atoms with van der Waals surface area (Å²) in [6.45, 7) is 0. The molecular formula is C19H16BrNO3S3. The van der Waals surface area contributed by atoms with E-state index in [1.807, 2.05) is 48.7 Å². The van der Waals surface area contributed by atoms with Crippen LogP contribution >= 0.6 is 39.0 Å². The van der Waals surface area contributed by atoms with Crippen LogP contribution in [0, 0.1) is 0 Å². The third-order valence-corrected chi connectivity index (χ3v) is 7.52. The maximum Gasteiger partial charge on any atom is 0.213 e. The Morgan fingerprint density at radius 3 is 2.70 bits per heavy atom. The van der Waals surface area contributed by atoms with Crippen molar-refractivity contribution in [1.29, 1.82) is 0 Å². The summed E-state index contributed by atoms with van der Waals surface area (Å²) in [4.78, 5) is 2.18. The summed E-state index contributed by atoms with van der Waals surface area (Å²) < 4.78 is 30.5. The van der Waals surface area contributed by atoms with E-state index in [0.29, 0.717) is 5.56 Å². The largest absolute Gasteiger partial charge is 0.479 e. The molecule has 0 spiro atoms. The van der Waals surface area contributed by atoms with Gasteiger partial charge in [0.05, 0.1) is 14.4 Å². The predicted molar refractivity (Wildman–Crippen MR) is 115 cm³/mol. The number of thioether (sulfide) groups is 1. The predicted octanol–water partition coefficient (Wildman–Crippen LogP) is 5.17. The molecule has 2 heterocycles. The SMILES string of the molecule is CSc1cccc2c1-c1ccc(CS(N)(=O)=O)cc1C(c1ccc(Br)s1)O2. The zero-order valence-electron chi connectivity index (χ0n) is 14.3. The highest BCUT2D eigenvalue weighted by Gasteiger charge is 2.30. The van der Waals surface area contributed by atoms with E-state index in [0.717, 1.165) is 36.0 Å². The van der Waals surface area contributed by atoms with Crippen LogP contribution in [0.3, 0.4) is 0 Å². The van der Waals surface area contributed by atoms with Gasteiger partial charge in [-0.3, -0.25) is 0 Å². The molecule has 0 fully saturated rings. The molecule has 0 aliphatic carbocycles. The van der Waals surface area contributed by atoms with Crippen LogP contribution in [-0.2, 0) is 15.8 Å². The van der Waals surface area contributed by atoms with Crippen molar-refractivity contribution in [3.8, 4) is 16.9 Å². The molecule has 140 valence electrons. The Kier molecular flexibility index (Phi) is 5.11. The molecule has 0 saturated carbocycles. The second-order valence-electron chi connectivity index (χ2n) is 6.20. The first-order valence-corrected chi connectivity index (χ1v) is 12.6. The van der Waals surface area contributed by atoms with E-state index in [4.69, 9.17) is 9.88 Å². The van der Waals surface area contributed by atoms with Gasteiger partial charge >= 0.3 is 0 Å². The minimum atomic E-state index is -3.60. The molecule has 8 heteroatoms. The van der Waals surface area contributed by atoms with Crippen LogP contribution < -0.4 is 9.88 Å². The van der Waals surface area contributed by atoms with Crippen LogP contribution in [0.5, 0.6) is 5.75 Å². The summed E-state index contributed by atoms with van der Waals surface area (Å²) >= 11 is 6.78. The van der Waals surface area contributed by atoms with Crippen molar-refractivity contribution >= 4 is 49.1 Å². The minimum absolute atomic E-state index is 0.196. The Morgan fingerprint density at radius 1 is 1.22 bits per heavy atom. The molecule has 0 saturated heterocycles. The van der Waals surface area contributed by atoms with Gasteiger partial charge in [0.15, 0.2) is 6.10 Å². The van der Waals surface area contributed by atoms with E-state index < -0.39 is 10.0 Å². The van der Waals surface area contributed by atoms with Crippen LogP contribution in [0.25, 0.3) is 11.1 Å². The third kappa shape index (κ3) is 3.82. The Bertz CT molecular complexity index is 1120.